The van der Waals surface area contributed by atoms with Crippen LogP contribution in [0.2, 0.25) is 0 Å². The second-order valence-electron chi connectivity index (χ2n) is 5.11. The van der Waals surface area contributed by atoms with E-state index in [1.54, 1.807) is 0 Å². The molecule has 2 heterocycles. The Morgan fingerprint density at radius 1 is 1.12 bits per heavy atom. The van der Waals surface area contributed by atoms with Gasteiger partial charge in [-0.05, 0) is 64.6 Å². The lowest BCUT2D eigenvalue weighted by molar-refractivity contribution is 0.102. The van der Waals surface area contributed by atoms with Crippen LogP contribution in [0.25, 0.3) is 0 Å². The van der Waals surface area contributed by atoms with Gasteiger partial charge < -0.3 is 15.4 Å². The summed E-state index contributed by atoms with van der Waals surface area (Å²) in [7, 11) is 0. The highest BCUT2D eigenvalue weighted by Crippen LogP contribution is 2.17. The van der Waals surface area contributed by atoms with Gasteiger partial charge in [-0.3, -0.25) is 0 Å². The lowest BCUT2D eigenvalue weighted by Crippen LogP contribution is -2.40. The molecule has 0 aromatic heterocycles. The average Bonchev–Trinajstić information content (AvgIpc) is 2.83. The summed E-state index contributed by atoms with van der Waals surface area (Å²) in [6, 6.07) is 0.768. The van der Waals surface area contributed by atoms with Gasteiger partial charge in [0.25, 0.3) is 0 Å². The largest absolute Gasteiger partial charge is 0.378 e. The molecule has 0 aromatic carbocycles. The first kappa shape index (κ1) is 12.3. The van der Waals surface area contributed by atoms with Crippen molar-refractivity contribution in [3.8, 4) is 0 Å². The first-order valence-electron chi connectivity index (χ1n) is 7.01. The number of rotatable bonds is 6. The minimum Gasteiger partial charge on any atom is -0.378 e. The van der Waals surface area contributed by atoms with Crippen LogP contribution in [-0.4, -0.2) is 38.4 Å². The molecule has 2 rings (SSSR count). The van der Waals surface area contributed by atoms with E-state index in [0.29, 0.717) is 6.10 Å². The molecule has 3 heteroatoms. The Morgan fingerprint density at radius 2 is 2.00 bits per heavy atom. The van der Waals surface area contributed by atoms with Crippen LogP contribution < -0.4 is 10.6 Å². The summed E-state index contributed by atoms with van der Waals surface area (Å²) in [5.74, 6) is 0. The van der Waals surface area contributed by atoms with E-state index in [0.717, 1.165) is 12.6 Å². The highest BCUT2D eigenvalue weighted by molar-refractivity contribution is 4.74. The average molecular weight is 226 g/mol. The maximum absolute atomic E-state index is 5.62. The van der Waals surface area contributed by atoms with Crippen LogP contribution in [0.4, 0.5) is 0 Å². The molecule has 1 atom stereocenters. The van der Waals surface area contributed by atoms with Crippen molar-refractivity contribution >= 4 is 0 Å². The third kappa shape index (κ3) is 4.40. The second-order valence-corrected chi connectivity index (χ2v) is 5.11. The van der Waals surface area contributed by atoms with Crippen LogP contribution >= 0.6 is 0 Å². The molecule has 2 saturated heterocycles. The molecular weight excluding hydrogens is 200 g/mol. The van der Waals surface area contributed by atoms with Crippen molar-refractivity contribution in [3.05, 3.63) is 0 Å². The smallest absolute Gasteiger partial charge is 0.0576 e. The Morgan fingerprint density at radius 3 is 2.75 bits per heavy atom. The monoisotopic (exact) mass is 226 g/mol. The van der Waals surface area contributed by atoms with Crippen LogP contribution in [0.5, 0.6) is 0 Å². The van der Waals surface area contributed by atoms with E-state index in [4.69, 9.17) is 4.74 Å². The van der Waals surface area contributed by atoms with Crippen LogP contribution in [0.15, 0.2) is 0 Å². The molecule has 0 spiro atoms. The Bertz CT molecular complexity index is 175. The minimum absolute atomic E-state index is 0.582. The van der Waals surface area contributed by atoms with Gasteiger partial charge in [-0.25, -0.2) is 0 Å². The second kappa shape index (κ2) is 7.25. The summed E-state index contributed by atoms with van der Waals surface area (Å²) < 4.78 is 5.62. The number of ether oxygens (including phenoxy) is 1. The first-order valence-corrected chi connectivity index (χ1v) is 7.01. The Labute approximate surface area is 99.3 Å². The van der Waals surface area contributed by atoms with E-state index in [2.05, 4.69) is 10.6 Å². The summed E-state index contributed by atoms with van der Waals surface area (Å²) in [5, 5.41) is 7.06. The fourth-order valence-electron chi connectivity index (χ4n) is 2.70. The summed E-state index contributed by atoms with van der Waals surface area (Å²) in [6.45, 7) is 4.57. The van der Waals surface area contributed by atoms with Gasteiger partial charge in [0.05, 0.1) is 6.10 Å². The van der Waals surface area contributed by atoms with Crippen molar-refractivity contribution in [1.82, 2.24) is 10.6 Å². The third-order valence-corrected chi connectivity index (χ3v) is 3.75. The maximum Gasteiger partial charge on any atom is 0.0576 e. The van der Waals surface area contributed by atoms with Crippen molar-refractivity contribution in [3.63, 3.8) is 0 Å². The van der Waals surface area contributed by atoms with Gasteiger partial charge in [0.1, 0.15) is 0 Å². The van der Waals surface area contributed by atoms with E-state index in [-0.39, 0.29) is 0 Å². The van der Waals surface area contributed by atoms with Gasteiger partial charge in [0.2, 0.25) is 0 Å². The highest BCUT2D eigenvalue weighted by Gasteiger charge is 2.15. The van der Waals surface area contributed by atoms with E-state index in [9.17, 15) is 0 Å². The third-order valence-electron chi connectivity index (χ3n) is 3.75. The van der Waals surface area contributed by atoms with Gasteiger partial charge in [0.15, 0.2) is 0 Å². The van der Waals surface area contributed by atoms with Gasteiger partial charge in [-0.2, -0.15) is 0 Å². The molecule has 2 aliphatic heterocycles. The summed E-state index contributed by atoms with van der Waals surface area (Å²) >= 11 is 0. The van der Waals surface area contributed by atoms with E-state index < -0.39 is 0 Å². The topological polar surface area (TPSA) is 33.3 Å². The number of nitrogens with one attached hydrogen (secondary N) is 2. The molecular formula is C13H26N2O. The summed E-state index contributed by atoms with van der Waals surface area (Å²) in [5.41, 5.74) is 0. The number of unbranched alkanes of at least 4 members (excludes halogenated alkanes) is 1. The molecule has 0 saturated carbocycles. The zero-order valence-electron chi connectivity index (χ0n) is 10.3. The molecule has 2 aliphatic rings. The van der Waals surface area contributed by atoms with Gasteiger partial charge >= 0.3 is 0 Å². The maximum atomic E-state index is 5.62. The number of hydrogen-bond acceptors (Lipinski definition) is 3. The molecule has 2 N–H and O–H groups in total. The zero-order valence-corrected chi connectivity index (χ0v) is 10.3. The van der Waals surface area contributed by atoms with Crippen LogP contribution in [0.3, 0.4) is 0 Å². The Hall–Kier alpha value is -0.120. The molecule has 0 aliphatic carbocycles. The molecule has 2 fully saturated rings. The predicted octanol–water partition coefficient (Wildman–Crippen LogP) is 1.68. The minimum atomic E-state index is 0.582. The summed E-state index contributed by atoms with van der Waals surface area (Å²) in [6.07, 6.45) is 9.65. The van der Waals surface area contributed by atoms with Crippen molar-refractivity contribution in [2.75, 3.05) is 26.2 Å². The van der Waals surface area contributed by atoms with Crippen molar-refractivity contribution in [2.24, 2.45) is 0 Å². The Balaban J connectivity index is 1.42. The van der Waals surface area contributed by atoms with Crippen molar-refractivity contribution in [2.45, 2.75) is 57.1 Å². The quantitative estimate of drug-likeness (QED) is 0.676. The molecule has 3 nitrogen and oxygen atoms in total. The molecule has 16 heavy (non-hydrogen) atoms. The summed E-state index contributed by atoms with van der Waals surface area (Å²) in [4.78, 5) is 0. The first-order chi connectivity index (χ1) is 7.95. The van der Waals surface area contributed by atoms with Crippen LogP contribution in [0, 0.1) is 0 Å². The fraction of sp³-hybridized carbons (Fsp3) is 1.00. The molecule has 0 aromatic rings. The molecule has 0 amide bonds. The highest BCUT2D eigenvalue weighted by atomic mass is 16.5. The fourth-order valence-corrected chi connectivity index (χ4v) is 2.70. The SMILES string of the molecule is C(CC[C@H]1CCCO1)CNC1CCNCC1. The molecule has 94 valence electrons. The number of piperidine rings is 1. The van der Waals surface area contributed by atoms with E-state index in [1.165, 1.54) is 64.6 Å². The normalized spacial score (nSPS) is 27.4. The van der Waals surface area contributed by atoms with Gasteiger partial charge in [0, 0.05) is 12.6 Å². The van der Waals surface area contributed by atoms with Crippen LogP contribution in [-0.2, 0) is 4.74 Å². The van der Waals surface area contributed by atoms with E-state index in [1.807, 2.05) is 0 Å². The van der Waals surface area contributed by atoms with E-state index >= 15 is 0 Å². The Kier molecular flexibility index (Phi) is 5.59. The zero-order chi connectivity index (χ0) is 11.1. The standard InChI is InChI=1S/C13H26N2O/c1(4-13-5-3-11-16-13)2-8-15-12-6-9-14-10-7-12/h12-15H,1-11H2/t13-/m0/s1. The van der Waals surface area contributed by atoms with Crippen molar-refractivity contribution < 1.29 is 4.74 Å². The van der Waals surface area contributed by atoms with Gasteiger partial charge in [-0.1, -0.05) is 0 Å². The molecule has 0 radical (unpaired) electrons. The predicted molar refractivity (Wildman–Crippen MR) is 66.7 cm³/mol. The van der Waals surface area contributed by atoms with Gasteiger partial charge in [-0.15, -0.1) is 0 Å². The molecule has 0 bridgehead atoms. The van der Waals surface area contributed by atoms with Crippen molar-refractivity contribution in [1.29, 1.82) is 0 Å². The molecule has 0 unspecified atom stereocenters. The number of hydrogen-bond donors (Lipinski definition) is 2. The van der Waals surface area contributed by atoms with Crippen LogP contribution in [0.1, 0.15) is 44.9 Å². The lowest BCUT2D eigenvalue weighted by atomic mass is 10.1. The lowest BCUT2D eigenvalue weighted by Gasteiger charge is -2.23.